The maximum atomic E-state index is 12.7. The number of esters is 2. The van der Waals surface area contributed by atoms with E-state index in [1.807, 2.05) is 0 Å². The van der Waals surface area contributed by atoms with Crippen LogP contribution in [0.2, 0.25) is 0 Å². The first-order chi connectivity index (χ1) is 29.9. The zero-order valence-corrected chi connectivity index (χ0v) is 40.7. The highest BCUT2D eigenvalue weighted by Crippen LogP contribution is 2.43. The molecule has 0 saturated carbocycles. The fourth-order valence-corrected chi connectivity index (χ4v) is 8.10. The lowest BCUT2D eigenvalue weighted by Crippen LogP contribution is -2.32. The van der Waals surface area contributed by atoms with Gasteiger partial charge in [0.25, 0.3) is 0 Å². The fraction of sp³-hybridized carbons (Fsp3) is 0.891. The van der Waals surface area contributed by atoms with Crippen LogP contribution in [0.1, 0.15) is 219 Å². The maximum Gasteiger partial charge on any atom is 0.472 e. The van der Waals surface area contributed by atoms with Crippen molar-refractivity contribution in [3.05, 3.63) is 12.0 Å². The van der Waals surface area contributed by atoms with Crippen molar-refractivity contribution >= 4 is 35.9 Å². The van der Waals surface area contributed by atoms with Gasteiger partial charge in [0.1, 0.15) is 13.2 Å². The maximum absolute atomic E-state index is 12.7. The van der Waals surface area contributed by atoms with E-state index >= 15 is 0 Å². The first-order valence-electron chi connectivity index (χ1n) is 24.4. The summed E-state index contributed by atoms with van der Waals surface area (Å²) in [7, 11) is -8.31. The van der Waals surface area contributed by atoms with Crippen LogP contribution in [-0.2, 0) is 47.4 Å². The minimum Gasteiger partial charge on any atom is -0.462 e. The highest BCUT2D eigenvalue weighted by molar-refractivity contribution is 7.92. The predicted octanol–water partition coefficient (Wildman–Crippen LogP) is 11.9. The molecule has 16 heteroatoms. The normalized spacial score (nSPS) is 13.0. The van der Waals surface area contributed by atoms with Gasteiger partial charge in [-0.05, 0) is 12.8 Å². The van der Waals surface area contributed by atoms with Gasteiger partial charge in [0, 0.05) is 31.3 Å². The summed E-state index contributed by atoms with van der Waals surface area (Å²) in [6.45, 7) is 5.68. The lowest BCUT2D eigenvalue weighted by molar-refractivity contribution is -0.161. The zero-order valence-electron chi connectivity index (χ0n) is 39.0. The van der Waals surface area contributed by atoms with Crippen molar-refractivity contribution in [2.75, 3.05) is 39.5 Å². The molecule has 0 rings (SSSR count). The average Bonchev–Trinajstić information content (AvgIpc) is 3.24. The molecule has 0 aliphatic heterocycles. The Kier molecular flexibility index (Phi) is 41.5. The summed E-state index contributed by atoms with van der Waals surface area (Å²) in [6, 6.07) is 0. The number of carbonyl (C=O) groups excluding carboxylic acids is 3. The molecule has 0 fully saturated rings. The van der Waals surface area contributed by atoms with Crippen molar-refractivity contribution in [3.63, 3.8) is 0 Å². The molecule has 0 aromatic heterocycles. The van der Waals surface area contributed by atoms with E-state index in [1.54, 1.807) is 0 Å². The van der Waals surface area contributed by atoms with Crippen molar-refractivity contribution < 1.29 is 55.5 Å². The molecular formula is C46H89N2O12PS. The molecule has 0 heterocycles. The molecule has 2 atom stereocenters. The third kappa shape index (κ3) is 43.2. The molecule has 1 amide bonds. The topological polar surface area (TPSA) is 193 Å². The highest BCUT2D eigenvalue weighted by atomic mass is 32.2. The molecule has 0 spiro atoms. The molecule has 0 aromatic rings. The van der Waals surface area contributed by atoms with E-state index in [0.29, 0.717) is 12.8 Å². The molecule has 62 heavy (non-hydrogen) atoms. The molecule has 14 nitrogen and oxygen atoms in total. The molecule has 366 valence electrons. The van der Waals surface area contributed by atoms with Gasteiger partial charge >= 0.3 is 25.9 Å². The second-order valence-electron chi connectivity index (χ2n) is 16.5. The molecule has 0 aliphatic carbocycles. The van der Waals surface area contributed by atoms with Crippen LogP contribution in [0.4, 0.5) is 4.79 Å². The van der Waals surface area contributed by atoms with Gasteiger partial charge in [-0.25, -0.2) is 22.5 Å². The number of nitrogens with one attached hydrogen (secondary N) is 2. The van der Waals surface area contributed by atoms with Crippen LogP contribution in [0, 0.1) is 0 Å². The second kappa shape index (κ2) is 42.9. The number of sulfonamides is 1. The molecule has 0 bridgehead atoms. The van der Waals surface area contributed by atoms with Gasteiger partial charge in [0.15, 0.2) is 6.10 Å². The monoisotopic (exact) mass is 925 g/mol. The number of hydrogen-bond acceptors (Lipinski definition) is 11. The first kappa shape index (κ1) is 60.0. The SMILES string of the molecule is C=CS(=O)(=O)NCCOC(=O)NCCOP(=O)(O)OC[C@@H](COC(=O)CCCCCCCCCCCCCCCCC)OC(=O)CCCCCCCCCCCCCCCCC. The summed E-state index contributed by atoms with van der Waals surface area (Å²) in [6.07, 6.45) is 34.7. The molecule has 0 aliphatic rings. The van der Waals surface area contributed by atoms with Crippen molar-refractivity contribution in [1.82, 2.24) is 10.0 Å². The van der Waals surface area contributed by atoms with Crippen molar-refractivity contribution in [2.45, 2.75) is 225 Å². The number of carbonyl (C=O) groups is 3. The van der Waals surface area contributed by atoms with Crippen LogP contribution in [0.3, 0.4) is 0 Å². The third-order valence-electron chi connectivity index (χ3n) is 10.6. The van der Waals surface area contributed by atoms with Crippen LogP contribution < -0.4 is 10.0 Å². The van der Waals surface area contributed by atoms with Gasteiger partial charge in [-0.1, -0.05) is 200 Å². The quantitative estimate of drug-likeness (QED) is 0.0227. The van der Waals surface area contributed by atoms with Gasteiger partial charge in [-0.2, -0.15) is 0 Å². The Morgan fingerprint density at radius 1 is 0.565 bits per heavy atom. The number of rotatable bonds is 47. The van der Waals surface area contributed by atoms with Crippen molar-refractivity contribution in [3.8, 4) is 0 Å². The van der Waals surface area contributed by atoms with Crippen LogP contribution in [0.5, 0.6) is 0 Å². The summed E-state index contributed by atoms with van der Waals surface area (Å²) in [5.74, 6) is -0.955. The van der Waals surface area contributed by atoms with Crippen LogP contribution >= 0.6 is 7.82 Å². The Hall–Kier alpha value is -2.03. The number of phosphoric acid groups is 1. The van der Waals surface area contributed by atoms with E-state index in [0.717, 1.165) is 43.9 Å². The number of amides is 1. The predicted molar refractivity (Wildman–Crippen MR) is 248 cm³/mol. The lowest BCUT2D eigenvalue weighted by Gasteiger charge is -2.20. The van der Waals surface area contributed by atoms with Gasteiger partial charge < -0.3 is 24.4 Å². The van der Waals surface area contributed by atoms with Gasteiger partial charge in [-0.3, -0.25) is 18.6 Å². The van der Waals surface area contributed by atoms with Gasteiger partial charge in [0.05, 0.1) is 13.2 Å². The number of phosphoric ester groups is 1. The van der Waals surface area contributed by atoms with Crippen molar-refractivity contribution in [1.29, 1.82) is 0 Å². The first-order valence-corrected chi connectivity index (χ1v) is 27.5. The minimum atomic E-state index is -4.66. The van der Waals surface area contributed by atoms with E-state index in [4.69, 9.17) is 23.3 Å². The molecule has 0 radical (unpaired) electrons. The van der Waals surface area contributed by atoms with Crippen LogP contribution in [0.25, 0.3) is 0 Å². The van der Waals surface area contributed by atoms with Crippen LogP contribution in [0.15, 0.2) is 12.0 Å². The largest absolute Gasteiger partial charge is 0.472 e. The summed E-state index contributed by atoms with van der Waals surface area (Å²) >= 11 is 0. The summed E-state index contributed by atoms with van der Waals surface area (Å²) in [5.41, 5.74) is 0. The Morgan fingerprint density at radius 2 is 0.968 bits per heavy atom. The smallest absolute Gasteiger partial charge is 0.462 e. The fourth-order valence-electron chi connectivity index (χ4n) is 6.87. The molecule has 1 unspecified atom stereocenters. The Balaban J connectivity index is 4.54. The molecule has 0 saturated heterocycles. The molecule has 0 aromatic carbocycles. The van der Waals surface area contributed by atoms with E-state index in [-0.39, 0.29) is 39.1 Å². The number of unbranched alkanes of at least 4 members (excludes halogenated alkanes) is 28. The number of alkyl carbamates (subject to hydrolysis) is 1. The summed E-state index contributed by atoms with van der Waals surface area (Å²) in [5, 5.41) is 3.02. The lowest BCUT2D eigenvalue weighted by atomic mass is 10.0. The Morgan fingerprint density at radius 3 is 1.39 bits per heavy atom. The number of ether oxygens (including phenoxy) is 3. The Labute approximate surface area is 377 Å². The third-order valence-corrected chi connectivity index (χ3v) is 12.6. The second-order valence-corrected chi connectivity index (χ2v) is 19.6. The number of hydrogen-bond donors (Lipinski definition) is 3. The average molecular weight is 925 g/mol. The Bertz CT molecular complexity index is 1260. The van der Waals surface area contributed by atoms with Crippen LogP contribution in [-0.4, -0.2) is 77.0 Å². The van der Waals surface area contributed by atoms with Crippen molar-refractivity contribution in [2.24, 2.45) is 0 Å². The van der Waals surface area contributed by atoms with Gasteiger partial charge in [-0.15, -0.1) is 0 Å². The van der Waals surface area contributed by atoms with E-state index in [1.165, 1.54) is 141 Å². The zero-order chi connectivity index (χ0) is 45.8. The highest BCUT2D eigenvalue weighted by Gasteiger charge is 2.26. The van der Waals surface area contributed by atoms with E-state index < -0.39 is 55.2 Å². The van der Waals surface area contributed by atoms with E-state index in [2.05, 4.69) is 30.5 Å². The standard InChI is InChI=1S/C46H89N2O12PS/c1-4-7-9-11-13-15-17-19-21-23-25-27-29-31-33-35-44(49)57-41-43(42-59-61(52,53)58-40-37-47-46(51)56-39-38-48-62(54,55)6-3)60-45(50)36-34-32-30-28-26-24-22-20-18-16-14-12-10-8-5-2/h6,43,48H,3-5,7-42H2,1-2H3,(H,47,51)(H,52,53)/t43-/m1/s1. The van der Waals surface area contributed by atoms with E-state index in [9.17, 15) is 32.3 Å². The molecule has 3 N–H and O–H groups in total. The summed E-state index contributed by atoms with van der Waals surface area (Å²) in [4.78, 5) is 47.3. The molecular weight excluding hydrogens is 836 g/mol. The summed E-state index contributed by atoms with van der Waals surface area (Å²) < 4.78 is 63.1. The van der Waals surface area contributed by atoms with Gasteiger partial charge in [0.2, 0.25) is 10.0 Å². The minimum absolute atomic E-state index is 0.164.